The molecule has 1 aliphatic heterocycles. The molecule has 1 atom stereocenters. The Morgan fingerprint density at radius 3 is 2.86 bits per heavy atom. The number of hydrogen-bond acceptors (Lipinski definition) is 6. The second-order valence-electron chi connectivity index (χ2n) is 7.00. The highest BCUT2D eigenvalue weighted by molar-refractivity contribution is 8.00. The van der Waals surface area contributed by atoms with E-state index in [-0.39, 0.29) is 29.0 Å². The summed E-state index contributed by atoms with van der Waals surface area (Å²) in [7, 11) is 1.77. The maximum Gasteiger partial charge on any atom is 0.270 e. The average Bonchev–Trinajstić information content (AvgIpc) is 3.02. The van der Waals surface area contributed by atoms with Crippen LogP contribution in [0.5, 0.6) is 0 Å². The Balaban J connectivity index is 1.62. The molecule has 2 aromatic rings. The van der Waals surface area contributed by atoms with Gasteiger partial charge >= 0.3 is 0 Å². The minimum Gasteiger partial charge on any atom is -0.339 e. The lowest BCUT2D eigenvalue weighted by Gasteiger charge is -2.35. The Morgan fingerprint density at radius 1 is 1.34 bits per heavy atom. The Kier molecular flexibility index (Phi) is 7.07. The molecule has 0 N–H and O–H groups in total. The normalized spacial score (nSPS) is 17.7. The van der Waals surface area contributed by atoms with Crippen LogP contribution in [0.3, 0.4) is 0 Å². The predicted octanol–water partition coefficient (Wildman–Crippen LogP) is 3.10. The number of carbonyl (C=O) groups excluding carboxylic acids is 2. The van der Waals surface area contributed by atoms with Crippen LogP contribution in [0.15, 0.2) is 23.2 Å². The molecule has 0 bridgehead atoms. The number of aromatic nitrogens is 1. The van der Waals surface area contributed by atoms with Crippen molar-refractivity contribution < 1.29 is 14.5 Å². The van der Waals surface area contributed by atoms with Crippen LogP contribution in [0.1, 0.15) is 32.6 Å². The third-order valence-electron chi connectivity index (χ3n) is 5.09. The molecule has 0 spiro atoms. The number of non-ortho nitro benzene ring substituents is 1. The number of nitro benzene ring substituents is 1. The number of rotatable bonds is 6. The fraction of sp³-hybridized carbons (Fsp3) is 0.526. The highest BCUT2D eigenvalue weighted by atomic mass is 32.2. The molecule has 0 aliphatic carbocycles. The van der Waals surface area contributed by atoms with E-state index >= 15 is 0 Å². The molecule has 29 heavy (non-hydrogen) atoms. The zero-order valence-corrected chi connectivity index (χ0v) is 18.1. The van der Waals surface area contributed by atoms with Gasteiger partial charge in [-0.05, 0) is 31.7 Å². The zero-order chi connectivity index (χ0) is 21.0. The highest BCUT2D eigenvalue weighted by Gasteiger charge is 2.25. The van der Waals surface area contributed by atoms with Crippen molar-refractivity contribution in [3.63, 3.8) is 0 Å². The number of carbonyl (C=O) groups is 2. The van der Waals surface area contributed by atoms with Gasteiger partial charge in [-0.3, -0.25) is 19.7 Å². The maximum atomic E-state index is 12.5. The van der Waals surface area contributed by atoms with Gasteiger partial charge in [0.2, 0.25) is 5.91 Å². The Bertz CT molecular complexity index is 998. The van der Waals surface area contributed by atoms with Crippen LogP contribution in [0.2, 0.25) is 0 Å². The molecular weight excluding hydrogens is 412 g/mol. The number of amides is 2. The van der Waals surface area contributed by atoms with Crippen molar-refractivity contribution in [3.8, 4) is 0 Å². The van der Waals surface area contributed by atoms with E-state index in [1.54, 1.807) is 17.7 Å². The number of thiazole rings is 1. The molecule has 2 heterocycles. The van der Waals surface area contributed by atoms with Crippen molar-refractivity contribution in [2.75, 3.05) is 18.1 Å². The summed E-state index contributed by atoms with van der Waals surface area (Å²) in [4.78, 5) is 41.8. The largest absolute Gasteiger partial charge is 0.339 e. The molecule has 3 rings (SSSR count). The van der Waals surface area contributed by atoms with E-state index < -0.39 is 4.92 Å². The number of likely N-dealkylation sites (tertiary alicyclic amines) is 1. The number of benzene rings is 1. The van der Waals surface area contributed by atoms with Crippen molar-refractivity contribution >= 4 is 50.8 Å². The lowest BCUT2D eigenvalue weighted by atomic mass is 10.0. The van der Waals surface area contributed by atoms with Gasteiger partial charge in [-0.1, -0.05) is 18.3 Å². The first kappa shape index (κ1) is 21.5. The number of hydrogen-bond donors (Lipinski definition) is 0. The van der Waals surface area contributed by atoms with Crippen molar-refractivity contribution in [1.82, 2.24) is 9.47 Å². The quantitative estimate of drug-likeness (QED) is 0.512. The van der Waals surface area contributed by atoms with Gasteiger partial charge in [0.15, 0.2) is 4.80 Å². The van der Waals surface area contributed by atoms with E-state index in [0.29, 0.717) is 15.5 Å². The fourth-order valence-electron chi connectivity index (χ4n) is 3.54. The summed E-state index contributed by atoms with van der Waals surface area (Å²) in [6, 6.07) is 4.90. The van der Waals surface area contributed by atoms with Crippen LogP contribution in [0.4, 0.5) is 5.69 Å². The molecule has 1 aromatic carbocycles. The molecular formula is C19H24N4O4S2. The van der Waals surface area contributed by atoms with Gasteiger partial charge in [-0.2, -0.15) is 4.99 Å². The van der Waals surface area contributed by atoms with Gasteiger partial charge in [0, 0.05) is 31.8 Å². The molecule has 0 radical (unpaired) electrons. The van der Waals surface area contributed by atoms with Crippen molar-refractivity contribution in [3.05, 3.63) is 33.1 Å². The molecule has 2 amide bonds. The van der Waals surface area contributed by atoms with E-state index in [4.69, 9.17) is 0 Å². The summed E-state index contributed by atoms with van der Waals surface area (Å²) in [6.07, 6.45) is 4.23. The first-order valence-corrected chi connectivity index (χ1v) is 11.6. The van der Waals surface area contributed by atoms with E-state index in [0.717, 1.165) is 31.3 Å². The van der Waals surface area contributed by atoms with Crippen LogP contribution in [0.25, 0.3) is 10.2 Å². The number of nitrogens with zero attached hydrogens (tertiary/aromatic N) is 4. The molecule has 1 aromatic heterocycles. The van der Waals surface area contributed by atoms with Gasteiger partial charge in [-0.25, -0.2) is 0 Å². The molecule has 10 heteroatoms. The number of aryl methyl sites for hydroxylation is 1. The number of nitro groups is 1. The maximum absolute atomic E-state index is 12.5. The second kappa shape index (κ2) is 9.53. The van der Waals surface area contributed by atoms with Crippen LogP contribution in [-0.2, 0) is 16.6 Å². The van der Waals surface area contributed by atoms with E-state index in [9.17, 15) is 19.7 Å². The average molecular weight is 437 g/mol. The van der Waals surface area contributed by atoms with Crippen molar-refractivity contribution in [2.45, 2.75) is 38.6 Å². The molecule has 1 saturated heterocycles. The van der Waals surface area contributed by atoms with Gasteiger partial charge in [0.05, 0.1) is 26.6 Å². The van der Waals surface area contributed by atoms with Crippen LogP contribution >= 0.6 is 23.1 Å². The van der Waals surface area contributed by atoms with Crippen LogP contribution in [-0.4, -0.2) is 50.3 Å². The SMILES string of the molecule is CCC1CCCCN1C(=O)CSCC(=O)N=c1sc2cc([N+](=O)[O-])ccc2n1C. The third kappa shape index (κ3) is 5.05. The molecule has 1 fully saturated rings. The van der Waals surface area contributed by atoms with E-state index in [1.807, 2.05) is 4.90 Å². The zero-order valence-electron chi connectivity index (χ0n) is 16.5. The third-order valence-corrected chi connectivity index (χ3v) is 7.09. The predicted molar refractivity (Wildman–Crippen MR) is 115 cm³/mol. The second-order valence-corrected chi connectivity index (χ2v) is 8.99. The number of thioether (sulfide) groups is 1. The minimum atomic E-state index is -0.444. The van der Waals surface area contributed by atoms with Gasteiger partial charge < -0.3 is 9.47 Å². The Hall–Kier alpha value is -2.20. The molecule has 156 valence electrons. The van der Waals surface area contributed by atoms with Gasteiger partial charge in [-0.15, -0.1) is 11.8 Å². The molecule has 1 unspecified atom stereocenters. The first-order chi connectivity index (χ1) is 13.9. The summed E-state index contributed by atoms with van der Waals surface area (Å²) in [5, 5.41) is 10.9. The monoisotopic (exact) mass is 436 g/mol. The highest BCUT2D eigenvalue weighted by Crippen LogP contribution is 2.23. The minimum absolute atomic E-state index is 0.00870. The fourth-order valence-corrected chi connectivity index (χ4v) is 5.29. The lowest BCUT2D eigenvalue weighted by Crippen LogP contribution is -2.44. The van der Waals surface area contributed by atoms with Crippen molar-refractivity contribution in [2.24, 2.45) is 12.0 Å². The lowest BCUT2D eigenvalue weighted by molar-refractivity contribution is -0.384. The summed E-state index contributed by atoms with van der Waals surface area (Å²) in [5.74, 6) is 0.187. The Morgan fingerprint density at radius 2 is 2.14 bits per heavy atom. The summed E-state index contributed by atoms with van der Waals surface area (Å²) >= 11 is 2.52. The molecule has 1 aliphatic rings. The van der Waals surface area contributed by atoms with Crippen molar-refractivity contribution in [1.29, 1.82) is 0 Å². The number of fused-ring (bicyclic) bond motifs is 1. The Labute approximate surface area is 176 Å². The standard InChI is InChI=1S/C19H24N4O4S2/c1-3-13-6-4-5-9-22(13)18(25)12-28-11-17(24)20-19-21(2)15-8-7-14(23(26)27)10-16(15)29-19/h7-8,10,13H,3-6,9,11-12H2,1-2H3. The van der Waals surface area contributed by atoms with Crippen LogP contribution in [0, 0.1) is 10.1 Å². The summed E-state index contributed by atoms with van der Waals surface area (Å²) < 4.78 is 2.45. The topological polar surface area (TPSA) is 97.8 Å². The van der Waals surface area contributed by atoms with Crippen LogP contribution < -0.4 is 4.80 Å². The van der Waals surface area contributed by atoms with Gasteiger partial charge in [0.1, 0.15) is 0 Å². The first-order valence-electron chi connectivity index (χ1n) is 9.59. The van der Waals surface area contributed by atoms with Gasteiger partial charge in [0.25, 0.3) is 11.6 Å². The smallest absolute Gasteiger partial charge is 0.270 e. The molecule has 8 nitrogen and oxygen atoms in total. The van der Waals surface area contributed by atoms with E-state index in [2.05, 4.69) is 11.9 Å². The summed E-state index contributed by atoms with van der Waals surface area (Å²) in [5.41, 5.74) is 0.792. The molecule has 0 saturated carbocycles. The summed E-state index contributed by atoms with van der Waals surface area (Å²) in [6.45, 7) is 2.91. The van der Waals surface area contributed by atoms with E-state index in [1.165, 1.54) is 41.7 Å². The number of piperidine rings is 1.